The number of benzene rings is 2. The quantitative estimate of drug-likeness (QED) is 0.419. The van der Waals surface area contributed by atoms with Crippen molar-refractivity contribution in [3.05, 3.63) is 70.3 Å². The molecule has 1 heterocycles. The van der Waals surface area contributed by atoms with Crippen LogP contribution in [0.3, 0.4) is 0 Å². The molecule has 0 amide bonds. The molecule has 1 aliphatic carbocycles. The SMILES string of the molecule is CCCc1ccc(C2CCC(c3ccc(C4CCC(CCC)CC4)c(F)c3F)CO2)cc1. The number of ether oxygens (including phenoxy) is 1. The Kier molecular flexibility index (Phi) is 7.99. The smallest absolute Gasteiger partial charge is 0.162 e. The van der Waals surface area contributed by atoms with Gasteiger partial charge in [-0.25, -0.2) is 8.78 Å². The summed E-state index contributed by atoms with van der Waals surface area (Å²) in [6.45, 7) is 4.85. The summed E-state index contributed by atoms with van der Waals surface area (Å²) in [4.78, 5) is 0. The molecule has 2 unspecified atom stereocenters. The van der Waals surface area contributed by atoms with Crippen LogP contribution in [0, 0.1) is 17.6 Å². The fourth-order valence-corrected chi connectivity index (χ4v) is 5.83. The van der Waals surface area contributed by atoms with E-state index in [0.29, 0.717) is 17.7 Å². The molecule has 2 aromatic carbocycles. The normalized spacial score (nSPS) is 26.2. The third-order valence-electron chi connectivity index (χ3n) is 7.73. The Labute approximate surface area is 192 Å². The maximum absolute atomic E-state index is 15.1. The molecule has 1 nitrogen and oxygen atoms in total. The first-order valence-electron chi connectivity index (χ1n) is 12.8. The molecule has 174 valence electrons. The van der Waals surface area contributed by atoms with Crippen molar-refractivity contribution in [3.8, 4) is 0 Å². The van der Waals surface area contributed by atoms with E-state index >= 15 is 8.78 Å². The second-order valence-corrected chi connectivity index (χ2v) is 9.97. The van der Waals surface area contributed by atoms with Crippen LogP contribution in [-0.2, 0) is 11.2 Å². The highest BCUT2D eigenvalue weighted by Gasteiger charge is 2.30. The Morgan fingerprint density at radius 2 is 1.38 bits per heavy atom. The van der Waals surface area contributed by atoms with Gasteiger partial charge in [0.05, 0.1) is 12.7 Å². The first kappa shape index (κ1) is 23.4. The van der Waals surface area contributed by atoms with E-state index in [9.17, 15) is 0 Å². The van der Waals surface area contributed by atoms with Crippen molar-refractivity contribution in [3.63, 3.8) is 0 Å². The molecule has 2 atom stereocenters. The van der Waals surface area contributed by atoms with Crippen LogP contribution < -0.4 is 0 Å². The molecule has 4 rings (SSSR count). The van der Waals surface area contributed by atoms with Gasteiger partial charge in [-0.05, 0) is 79.0 Å². The van der Waals surface area contributed by atoms with Crippen molar-refractivity contribution in [1.82, 2.24) is 0 Å². The number of rotatable bonds is 7. The van der Waals surface area contributed by atoms with Crippen LogP contribution in [-0.4, -0.2) is 6.61 Å². The molecule has 32 heavy (non-hydrogen) atoms. The van der Waals surface area contributed by atoms with Crippen molar-refractivity contribution in [2.24, 2.45) is 5.92 Å². The van der Waals surface area contributed by atoms with Crippen LogP contribution in [0.5, 0.6) is 0 Å². The van der Waals surface area contributed by atoms with E-state index in [1.165, 1.54) is 24.0 Å². The Morgan fingerprint density at radius 1 is 0.750 bits per heavy atom. The summed E-state index contributed by atoms with van der Waals surface area (Å²) in [5, 5.41) is 0. The molecule has 0 aromatic heterocycles. The van der Waals surface area contributed by atoms with Gasteiger partial charge in [-0.3, -0.25) is 0 Å². The zero-order chi connectivity index (χ0) is 22.5. The van der Waals surface area contributed by atoms with Crippen LogP contribution in [0.4, 0.5) is 8.78 Å². The highest BCUT2D eigenvalue weighted by atomic mass is 19.2. The van der Waals surface area contributed by atoms with Crippen LogP contribution in [0.1, 0.15) is 112 Å². The molecule has 0 radical (unpaired) electrons. The average molecular weight is 441 g/mol. The van der Waals surface area contributed by atoms with Gasteiger partial charge >= 0.3 is 0 Å². The molecule has 0 bridgehead atoms. The molecule has 2 aromatic rings. The number of hydrogen-bond donors (Lipinski definition) is 0. The fraction of sp³-hybridized carbons (Fsp3) is 0.586. The van der Waals surface area contributed by atoms with Gasteiger partial charge in [0, 0.05) is 5.92 Å². The Hall–Kier alpha value is -1.74. The molecule has 2 aliphatic rings. The molecule has 3 heteroatoms. The van der Waals surface area contributed by atoms with Crippen LogP contribution in [0.15, 0.2) is 36.4 Å². The lowest BCUT2D eigenvalue weighted by atomic mass is 9.76. The zero-order valence-corrected chi connectivity index (χ0v) is 19.7. The molecule has 1 saturated carbocycles. The lowest BCUT2D eigenvalue weighted by Gasteiger charge is -2.31. The Balaban J connectivity index is 1.38. The summed E-state index contributed by atoms with van der Waals surface area (Å²) in [6, 6.07) is 12.4. The topological polar surface area (TPSA) is 9.23 Å². The number of hydrogen-bond acceptors (Lipinski definition) is 1. The highest BCUT2D eigenvalue weighted by molar-refractivity contribution is 5.32. The van der Waals surface area contributed by atoms with E-state index in [0.717, 1.165) is 57.3 Å². The lowest BCUT2D eigenvalue weighted by Crippen LogP contribution is -2.21. The van der Waals surface area contributed by atoms with Crippen molar-refractivity contribution >= 4 is 0 Å². The molecule has 0 spiro atoms. The molecule has 1 aliphatic heterocycles. The van der Waals surface area contributed by atoms with Gasteiger partial charge in [0.2, 0.25) is 0 Å². The van der Waals surface area contributed by atoms with Gasteiger partial charge in [0.1, 0.15) is 0 Å². The van der Waals surface area contributed by atoms with Gasteiger partial charge in [-0.2, -0.15) is 0 Å². The Morgan fingerprint density at radius 3 is 1.94 bits per heavy atom. The standard InChI is InChI=1S/C29H38F2O/c1-3-5-20-7-11-22(12-8-20)25-16-17-26(29(31)28(25)30)24-15-18-27(32-19-24)23-13-9-21(6-4-2)10-14-23/h9-10,13-14,16-17,20,22,24,27H,3-8,11-12,15,18-19H2,1-2H3. The van der Waals surface area contributed by atoms with Crippen molar-refractivity contribution in [2.75, 3.05) is 6.61 Å². The molecule has 2 fully saturated rings. The summed E-state index contributed by atoms with van der Waals surface area (Å²) in [6.07, 6.45) is 10.6. The maximum Gasteiger partial charge on any atom is 0.162 e. The van der Waals surface area contributed by atoms with Crippen molar-refractivity contribution in [1.29, 1.82) is 0 Å². The minimum atomic E-state index is -0.644. The van der Waals surface area contributed by atoms with E-state index in [2.05, 4.69) is 38.1 Å². The average Bonchev–Trinajstić information content (AvgIpc) is 2.83. The predicted molar refractivity (Wildman–Crippen MR) is 127 cm³/mol. The largest absolute Gasteiger partial charge is 0.373 e. The summed E-state index contributed by atoms with van der Waals surface area (Å²) < 4.78 is 36.3. The predicted octanol–water partition coefficient (Wildman–Crippen LogP) is 8.63. The van der Waals surface area contributed by atoms with E-state index in [1.807, 2.05) is 12.1 Å². The van der Waals surface area contributed by atoms with Gasteiger partial charge in [0.25, 0.3) is 0 Å². The first-order valence-corrected chi connectivity index (χ1v) is 12.8. The zero-order valence-electron chi connectivity index (χ0n) is 19.7. The number of halogens is 2. The maximum atomic E-state index is 15.1. The minimum absolute atomic E-state index is 0.0485. The summed E-state index contributed by atoms with van der Waals surface area (Å²) in [5.74, 6) is -0.411. The second-order valence-electron chi connectivity index (χ2n) is 9.97. The van der Waals surface area contributed by atoms with Crippen LogP contribution in [0.25, 0.3) is 0 Å². The van der Waals surface area contributed by atoms with E-state index < -0.39 is 11.6 Å². The summed E-state index contributed by atoms with van der Waals surface area (Å²) in [7, 11) is 0. The third kappa shape index (κ3) is 5.25. The van der Waals surface area contributed by atoms with Gasteiger partial charge in [-0.15, -0.1) is 0 Å². The summed E-state index contributed by atoms with van der Waals surface area (Å²) in [5.41, 5.74) is 3.61. The second kappa shape index (κ2) is 10.9. The van der Waals surface area contributed by atoms with Gasteiger partial charge in [-0.1, -0.05) is 69.5 Å². The molecule has 0 N–H and O–H groups in total. The third-order valence-corrected chi connectivity index (χ3v) is 7.73. The summed E-state index contributed by atoms with van der Waals surface area (Å²) >= 11 is 0. The minimum Gasteiger partial charge on any atom is -0.373 e. The number of aryl methyl sites for hydroxylation is 1. The highest BCUT2D eigenvalue weighted by Crippen LogP contribution is 2.41. The molecular formula is C29H38F2O. The van der Waals surface area contributed by atoms with Crippen molar-refractivity contribution in [2.45, 2.75) is 96.0 Å². The van der Waals surface area contributed by atoms with Crippen molar-refractivity contribution < 1.29 is 13.5 Å². The van der Waals surface area contributed by atoms with Crippen LogP contribution in [0.2, 0.25) is 0 Å². The monoisotopic (exact) mass is 440 g/mol. The van der Waals surface area contributed by atoms with Crippen LogP contribution >= 0.6 is 0 Å². The van der Waals surface area contributed by atoms with Gasteiger partial charge in [0.15, 0.2) is 11.6 Å². The molecule has 1 saturated heterocycles. The van der Waals surface area contributed by atoms with Gasteiger partial charge < -0.3 is 4.74 Å². The van der Waals surface area contributed by atoms with E-state index in [-0.39, 0.29) is 17.9 Å². The van der Waals surface area contributed by atoms with E-state index in [1.54, 1.807) is 0 Å². The Bertz CT molecular complexity index is 859. The fourth-order valence-electron chi connectivity index (χ4n) is 5.83. The van der Waals surface area contributed by atoms with E-state index in [4.69, 9.17) is 4.74 Å². The molecular weight excluding hydrogens is 402 g/mol. The first-order chi connectivity index (χ1) is 15.6. The lowest BCUT2D eigenvalue weighted by molar-refractivity contribution is 0.00161.